The van der Waals surface area contributed by atoms with E-state index >= 15 is 0 Å². The zero-order valence-corrected chi connectivity index (χ0v) is 7.00. The summed E-state index contributed by atoms with van der Waals surface area (Å²) in [6.45, 7) is 0. The molecule has 4 nitrogen and oxygen atoms in total. The van der Waals surface area contributed by atoms with E-state index in [2.05, 4.69) is 0 Å². The van der Waals surface area contributed by atoms with Crippen molar-refractivity contribution in [2.45, 2.75) is 18.1 Å². The maximum Gasteiger partial charge on any atom is 0.317 e. The van der Waals surface area contributed by atoms with Crippen LogP contribution in [0, 0.1) is 0 Å². The Hall–Kier alpha value is -0.970. The summed E-state index contributed by atoms with van der Waals surface area (Å²) in [5, 5.41) is 16.5. The van der Waals surface area contributed by atoms with E-state index < -0.39 is 17.2 Å². The SMILES string of the molecule is O=C(O)CC1=CCC(C(=O)O)S1. The van der Waals surface area contributed by atoms with E-state index in [1.165, 1.54) is 0 Å². The summed E-state index contributed by atoms with van der Waals surface area (Å²) >= 11 is 1.13. The van der Waals surface area contributed by atoms with Gasteiger partial charge < -0.3 is 10.2 Å². The zero-order valence-electron chi connectivity index (χ0n) is 6.19. The lowest BCUT2D eigenvalue weighted by atomic mass is 10.2. The number of carboxylic acids is 2. The van der Waals surface area contributed by atoms with Gasteiger partial charge in [0.15, 0.2) is 0 Å². The summed E-state index contributed by atoms with van der Waals surface area (Å²) < 4.78 is 0. The molecule has 1 aliphatic heterocycles. The Bertz CT molecular complexity index is 246. The van der Waals surface area contributed by atoms with Crippen LogP contribution in [0.1, 0.15) is 12.8 Å². The molecule has 2 N–H and O–H groups in total. The number of allylic oxidation sites excluding steroid dienone is 1. The standard InChI is InChI=1S/C7H8O4S/c8-6(9)3-4-1-2-5(12-4)7(10)11/h1,5H,2-3H2,(H,8,9)(H,10,11). The predicted molar refractivity (Wildman–Crippen MR) is 44.0 cm³/mol. The van der Waals surface area contributed by atoms with Crippen LogP contribution >= 0.6 is 11.8 Å². The second-order valence-corrected chi connectivity index (χ2v) is 3.75. The molecule has 1 rings (SSSR count). The van der Waals surface area contributed by atoms with E-state index in [0.29, 0.717) is 11.3 Å². The number of rotatable bonds is 3. The van der Waals surface area contributed by atoms with Crippen molar-refractivity contribution in [3.05, 3.63) is 11.0 Å². The average Bonchev–Trinajstić information content (AvgIpc) is 2.34. The van der Waals surface area contributed by atoms with Gasteiger partial charge in [-0.3, -0.25) is 9.59 Å². The Morgan fingerprint density at radius 3 is 2.67 bits per heavy atom. The highest BCUT2D eigenvalue weighted by Gasteiger charge is 2.24. The molecule has 0 radical (unpaired) electrons. The van der Waals surface area contributed by atoms with Crippen LogP contribution < -0.4 is 0 Å². The Kier molecular flexibility index (Phi) is 2.75. The third-order valence-corrected chi connectivity index (χ3v) is 2.75. The first-order valence-electron chi connectivity index (χ1n) is 3.40. The summed E-state index contributed by atoms with van der Waals surface area (Å²) in [6.07, 6.45) is 2.05. The highest BCUT2D eigenvalue weighted by atomic mass is 32.2. The number of thioether (sulfide) groups is 1. The molecule has 0 aromatic carbocycles. The predicted octanol–water partition coefficient (Wildman–Crippen LogP) is 0.935. The van der Waals surface area contributed by atoms with Crippen molar-refractivity contribution in [2.24, 2.45) is 0 Å². The van der Waals surface area contributed by atoms with Gasteiger partial charge in [-0.25, -0.2) is 0 Å². The quantitative estimate of drug-likeness (QED) is 0.689. The van der Waals surface area contributed by atoms with Crippen molar-refractivity contribution < 1.29 is 19.8 Å². The van der Waals surface area contributed by atoms with Gasteiger partial charge in [-0.1, -0.05) is 6.08 Å². The van der Waals surface area contributed by atoms with Crippen molar-refractivity contribution in [3.63, 3.8) is 0 Å². The third kappa shape index (κ3) is 2.27. The molecular weight excluding hydrogens is 180 g/mol. The fourth-order valence-corrected chi connectivity index (χ4v) is 1.99. The molecule has 1 unspecified atom stereocenters. The molecule has 0 aromatic rings. The molecular formula is C7H8O4S. The van der Waals surface area contributed by atoms with E-state index in [1.54, 1.807) is 6.08 Å². The van der Waals surface area contributed by atoms with Crippen LogP contribution in [0.4, 0.5) is 0 Å². The average molecular weight is 188 g/mol. The van der Waals surface area contributed by atoms with E-state index in [1.807, 2.05) is 0 Å². The Labute approximate surface area is 73.3 Å². The minimum absolute atomic E-state index is 0.0611. The van der Waals surface area contributed by atoms with Crippen molar-refractivity contribution in [2.75, 3.05) is 0 Å². The molecule has 1 atom stereocenters. The molecule has 0 aromatic heterocycles. The highest BCUT2D eigenvalue weighted by molar-refractivity contribution is 8.04. The van der Waals surface area contributed by atoms with Crippen LogP contribution in [0.5, 0.6) is 0 Å². The molecule has 0 bridgehead atoms. The Morgan fingerprint density at radius 2 is 2.25 bits per heavy atom. The lowest BCUT2D eigenvalue weighted by Gasteiger charge is -2.01. The fraction of sp³-hybridized carbons (Fsp3) is 0.429. The van der Waals surface area contributed by atoms with Gasteiger partial charge in [0.1, 0.15) is 5.25 Å². The van der Waals surface area contributed by atoms with E-state index in [9.17, 15) is 9.59 Å². The number of hydrogen-bond donors (Lipinski definition) is 2. The minimum atomic E-state index is -0.917. The van der Waals surface area contributed by atoms with Gasteiger partial charge in [-0.05, 0) is 11.3 Å². The normalized spacial score (nSPS) is 22.0. The molecule has 12 heavy (non-hydrogen) atoms. The van der Waals surface area contributed by atoms with E-state index in [4.69, 9.17) is 10.2 Å². The molecule has 1 heterocycles. The number of carboxylic acid groups (broad SMARTS) is 2. The molecule has 0 amide bonds. The largest absolute Gasteiger partial charge is 0.481 e. The van der Waals surface area contributed by atoms with Crippen LogP contribution in [0.2, 0.25) is 0 Å². The molecule has 5 heteroatoms. The highest BCUT2D eigenvalue weighted by Crippen LogP contribution is 2.34. The van der Waals surface area contributed by atoms with Gasteiger partial charge >= 0.3 is 11.9 Å². The number of aliphatic carboxylic acids is 2. The van der Waals surface area contributed by atoms with Crippen LogP contribution in [-0.2, 0) is 9.59 Å². The van der Waals surface area contributed by atoms with Crippen molar-refractivity contribution in [1.29, 1.82) is 0 Å². The van der Waals surface area contributed by atoms with Crippen LogP contribution in [0.15, 0.2) is 11.0 Å². The summed E-state index contributed by atoms with van der Waals surface area (Å²) in [4.78, 5) is 21.3. The maximum absolute atomic E-state index is 10.4. The fourth-order valence-electron chi connectivity index (χ4n) is 0.932. The van der Waals surface area contributed by atoms with Gasteiger partial charge in [-0.15, -0.1) is 11.8 Å². The van der Waals surface area contributed by atoms with Crippen LogP contribution in [0.3, 0.4) is 0 Å². The first-order chi connectivity index (χ1) is 5.59. The summed E-state index contributed by atoms with van der Waals surface area (Å²) in [5.74, 6) is -1.79. The lowest BCUT2D eigenvalue weighted by molar-refractivity contribution is -0.137. The van der Waals surface area contributed by atoms with E-state index in [0.717, 1.165) is 11.8 Å². The van der Waals surface area contributed by atoms with E-state index in [-0.39, 0.29) is 6.42 Å². The molecule has 1 aliphatic rings. The Balaban J connectivity index is 2.43. The smallest absolute Gasteiger partial charge is 0.317 e. The van der Waals surface area contributed by atoms with Crippen molar-refractivity contribution in [3.8, 4) is 0 Å². The molecule has 0 saturated heterocycles. The van der Waals surface area contributed by atoms with Crippen LogP contribution in [-0.4, -0.2) is 27.4 Å². The van der Waals surface area contributed by atoms with Gasteiger partial charge in [0.05, 0.1) is 6.42 Å². The molecule has 0 aliphatic carbocycles. The number of hydrogen-bond acceptors (Lipinski definition) is 3. The van der Waals surface area contributed by atoms with Gasteiger partial charge in [-0.2, -0.15) is 0 Å². The van der Waals surface area contributed by atoms with Gasteiger partial charge in [0, 0.05) is 0 Å². The molecule has 0 saturated carbocycles. The topological polar surface area (TPSA) is 74.6 Å². The second kappa shape index (κ2) is 3.62. The van der Waals surface area contributed by atoms with Crippen molar-refractivity contribution in [1.82, 2.24) is 0 Å². The summed E-state index contributed by atoms with van der Waals surface area (Å²) in [7, 11) is 0. The summed E-state index contributed by atoms with van der Waals surface area (Å²) in [6, 6.07) is 0. The lowest BCUT2D eigenvalue weighted by Crippen LogP contribution is -2.12. The van der Waals surface area contributed by atoms with Crippen LogP contribution in [0.25, 0.3) is 0 Å². The number of carbonyl (C=O) groups is 2. The minimum Gasteiger partial charge on any atom is -0.481 e. The molecule has 66 valence electrons. The Morgan fingerprint density at radius 1 is 1.58 bits per heavy atom. The molecule has 0 spiro atoms. The third-order valence-electron chi connectivity index (χ3n) is 1.45. The maximum atomic E-state index is 10.4. The second-order valence-electron chi connectivity index (χ2n) is 2.42. The first kappa shape index (κ1) is 9.12. The zero-order chi connectivity index (χ0) is 9.14. The van der Waals surface area contributed by atoms with Gasteiger partial charge in [0.2, 0.25) is 0 Å². The molecule has 0 fully saturated rings. The first-order valence-corrected chi connectivity index (χ1v) is 4.28. The van der Waals surface area contributed by atoms with Gasteiger partial charge in [0.25, 0.3) is 0 Å². The van der Waals surface area contributed by atoms with Crippen molar-refractivity contribution >= 4 is 23.7 Å². The monoisotopic (exact) mass is 188 g/mol. The summed E-state index contributed by atoms with van der Waals surface area (Å²) in [5.41, 5.74) is 0.